The maximum absolute atomic E-state index is 12.4. The van der Waals surface area contributed by atoms with E-state index in [1.807, 2.05) is 24.5 Å². The summed E-state index contributed by atoms with van der Waals surface area (Å²) >= 11 is 1.63. The molecule has 0 aliphatic heterocycles. The number of rotatable bonds is 6. The second kappa shape index (κ2) is 7.31. The van der Waals surface area contributed by atoms with Gasteiger partial charge >= 0.3 is 0 Å². The molecule has 0 N–H and O–H groups in total. The lowest BCUT2D eigenvalue weighted by Gasteiger charge is -2.12. The predicted molar refractivity (Wildman–Crippen MR) is 89.3 cm³/mol. The maximum Gasteiger partial charge on any atom is 0.289 e. The minimum absolute atomic E-state index is 0.192. The van der Waals surface area contributed by atoms with E-state index in [1.54, 1.807) is 37.1 Å². The van der Waals surface area contributed by atoms with Gasteiger partial charge in [0.15, 0.2) is 5.76 Å². The summed E-state index contributed by atoms with van der Waals surface area (Å²) in [5.74, 6) is 2.29. The lowest BCUT2D eigenvalue weighted by Crippen LogP contribution is -2.25. The highest BCUT2D eigenvalue weighted by molar-refractivity contribution is 7.97. The Morgan fingerprint density at radius 2 is 2.17 bits per heavy atom. The van der Waals surface area contributed by atoms with Crippen LogP contribution in [0, 0.1) is 0 Å². The van der Waals surface area contributed by atoms with Crippen LogP contribution in [0.2, 0.25) is 0 Å². The summed E-state index contributed by atoms with van der Waals surface area (Å²) in [4.78, 5) is 22.3. The Morgan fingerprint density at radius 1 is 1.29 bits per heavy atom. The van der Waals surface area contributed by atoms with Crippen molar-refractivity contribution in [3.63, 3.8) is 0 Å². The fraction of sp³-hybridized carbons (Fsp3) is 0.250. The van der Waals surface area contributed by atoms with Crippen molar-refractivity contribution in [1.29, 1.82) is 0 Å². The Labute approximate surface area is 143 Å². The number of furan rings is 1. The lowest BCUT2D eigenvalue weighted by atomic mass is 10.3. The Morgan fingerprint density at radius 3 is 2.92 bits per heavy atom. The first-order chi connectivity index (χ1) is 11.7. The van der Waals surface area contributed by atoms with E-state index in [9.17, 15) is 4.79 Å². The second-order valence-corrected chi connectivity index (χ2v) is 5.95. The monoisotopic (exact) mass is 344 g/mol. The van der Waals surface area contributed by atoms with E-state index in [0.29, 0.717) is 23.2 Å². The number of hydrogen-bond donors (Lipinski definition) is 0. The van der Waals surface area contributed by atoms with Crippen LogP contribution >= 0.6 is 11.8 Å². The fourth-order valence-electron chi connectivity index (χ4n) is 2.09. The van der Waals surface area contributed by atoms with Crippen molar-refractivity contribution in [2.75, 3.05) is 13.3 Å². The molecule has 0 saturated heterocycles. The minimum atomic E-state index is -0.236. The quantitative estimate of drug-likeness (QED) is 0.679. The molecular formula is C16H16N4O3S. The molecule has 0 aliphatic carbocycles. The van der Waals surface area contributed by atoms with E-state index in [2.05, 4.69) is 15.1 Å². The van der Waals surface area contributed by atoms with Gasteiger partial charge in [-0.1, -0.05) is 11.2 Å². The van der Waals surface area contributed by atoms with Crippen LogP contribution in [0.5, 0.6) is 0 Å². The number of aromatic nitrogens is 3. The van der Waals surface area contributed by atoms with Crippen molar-refractivity contribution in [3.05, 3.63) is 53.9 Å². The van der Waals surface area contributed by atoms with Gasteiger partial charge in [0.05, 0.1) is 5.75 Å². The van der Waals surface area contributed by atoms with Crippen molar-refractivity contribution in [1.82, 2.24) is 20.0 Å². The zero-order valence-corrected chi connectivity index (χ0v) is 14.1. The Kier molecular flexibility index (Phi) is 4.95. The van der Waals surface area contributed by atoms with Crippen molar-refractivity contribution < 1.29 is 13.7 Å². The van der Waals surface area contributed by atoms with Crippen LogP contribution in [0.25, 0.3) is 11.5 Å². The predicted octanol–water partition coefficient (Wildman–Crippen LogP) is 2.86. The maximum atomic E-state index is 12.4. The van der Waals surface area contributed by atoms with Gasteiger partial charge in [0.1, 0.15) is 18.0 Å². The molecule has 0 radical (unpaired) electrons. The molecule has 0 spiro atoms. The van der Waals surface area contributed by atoms with Gasteiger partial charge in [-0.25, -0.2) is 0 Å². The van der Waals surface area contributed by atoms with Crippen LogP contribution in [-0.4, -0.2) is 39.2 Å². The summed E-state index contributed by atoms with van der Waals surface area (Å²) in [7, 11) is 1.66. The van der Waals surface area contributed by atoms with Crippen molar-refractivity contribution in [2.24, 2.45) is 0 Å². The molecule has 3 aromatic rings. The van der Waals surface area contributed by atoms with E-state index in [-0.39, 0.29) is 12.5 Å². The molecular weight excluding hydrogens is 328 g/mol. The first-order valence-electron chi connectivity index (χ1n) is 7.24. The molecule has 3 rings (SSSR count). The summed E-state index contributed by atoms with van der Waals surface area (Å²) < 4.78 is 10.7. The van der Waals surface area contributed by atoms with Crippen LogP contribution in [0.4, 0.5) is 0 Å². The van der Waals surface area contributed by atoms with Gasteiger partial charge in [-0.15, -0.1) is 0 Å². The van der Waals surface area contributed by atoms with Gasteiger partial charge in [0.25, 0.3) is 5.91 Å². The first kappa shape index (κ1) is 16.3. The number of thioether (sulfide) groups is 1. The minimum Gasteiger partial charge on any atom is -0.455 e. The SMILES string of the molecule is CSCc1ccc(C(=O)N(C)Cc2nc(-c3ccccn3)no2)o1. The van der Waals surface area contributed by atoms with Gasteiger partial charge < -0.3 is 13.8 Å². The van der Waals surface area contributed by atoms with Gasteiger partial charge in [-0.05, 0) is 30.5 Å². The molecule has 7 nitrogen and oxygen atoms in total. The Bertz CT molecular complexity index is 816. The summed E-state index contributed by atoms with van der Waals surface area (Å²) in [5.41, 5.74) is 0.620. The molecule has 1 amide bonds. The Hall–Kier alpha value is -2.61. The number of hydrogen-bond acceptors (Lipinski definition) is 7. The number of carbonyl (C=O) groups is 1. The summed E-state index contributed by atoms with van der Waals surface area (Å²) in [5, 5.41) is 3.89. The zero-order chi connectivity index (χ0) is 16.9. The molecule has 0 bridgehead atoms. The van der Waals surface area contributed by atoms with Gasteiger partial charge in [0, 0.05) is 13.2 Å². The highest BCUT2D eigenvalue weighted by atomic mass is 32.2. The van der Waals surface area contributed by atoms with E-state index < -0.39 is 0 Å². The van der Waals surface area contributed by atoms with E-state index in [1.165, 1.54) is 4.90 Å². The average molecular weight is 344 g/mol. The van der Waals surface area contributed by atoms with Gasteiger partial charge in [-0.2, -0.15) is 16.7 Å². The standard InChI is InChI=1S/C16H16N4O3S/c1-20(16(21)13-7-6-11(22-13)10-24-2)9-14-18-15(19-23-14)12-5-3-4-8-17-12/h3-8H,9-10H2,1-2H3. The number of carbonyl (C=O) groups excluding carboxylic acids is 1. The number of nitrogens with zero attached hydrogens (tertiary/aromatic N) is 4. The van der Waals surface area contributed by atoms with Crippen molar-refractivity contribution in [3.8, 4) is 11.5 Å². The second-order valence-electron chi connectivity index (χ2n) is 5.09. The molecule has 0 saturated carbocycles. The zero-order valence-electron chi connectivity index (χ0n) is 13.3. The van der Waals surface area contributed by atoms with Gasteiger partial charge in [0.2, 0.25) is 11.7 Å². The average Bonchev–Trinajstić information content (AvgIpc) is 3.25. The normalized spacial score (nSPS) is 10.8. The lowest BCUT2D eigenvalue weighted by molar-refractivity contribution is 0.0736. The van der Waals surface area contributed by atoms with Crippen molar-refractivity contribution >= 4 is 17.7 Å². The molecule has 8 heteroatoms. The van der Waals surface area contributed by atoms with E-state index >= 15 is 0 Å². The molecule has 0 fully saturated rings. The molecule has 3 aromatic heterocycles. The molecule has 124 valence electrons. The number of amides is 1. The Balaban J connectivity index is 1.67. The highest BCUT2D eigenvalue weighted by Gasteiger charge is 2.19. The molecule has 0 atom stereocenters. The topological polar surface area (TPSA) is 85.3 Å². The largest absolute Gasteiger partial charge is 0.455 e. The molecule has 0 aliphatic rings. The van der Waals surface area contributed by atoms with E-state index in [0.717, 1.165) is 11.5 Å². The van der Waals surface area contributed by atoms with Crippen LogP contribution in [0.3, 0.4) is 0 Å². The number of pyridine rings is 1. The first-order valence-corrected chi connectivity index (χ1v) is 8.64. The third kappa shape index (κ3) is 3.65. The van der Waals surface area contributed by atoms with Crippen LogP contribution in [-0.2, 0) is 12.3 Å². The fourth-order valence-corrected chi connectivity index (χ4v) is 2.53. The van der Waals surface area contributed by atoms with E-state index in [4.69, 9.17) is 8.94 Å². The third-order valence-electron chi connectivity index (χ3n) is 3.24. The molecule has 0 aromatic carbocycles. The third-order valence-corrected chi connectivity index (χ3v) is 3.81. The van der Waals surface area contributed by atoms with Crippen LogP contribution < -0.4 is 0 Å². The molecule has 24 heavy (non-hydrogen) atoms. The summed E-state index contributed by atoms with van der Waals surface area (Å²) in [6, 6.07) is 8.93. The van der Waals surface area contributed by atoms with Gasteiger partial charge in [-0.3, -0.25) is 9.78 Å². The van der Waals surface area contributed by atoms with Crippen LogP contribution in [0.15, 0.2) is 45.5 Å². The summed E-state index contributed by atoms with van der Waals surface area (Å²) in [6.45, 7) is 0.192. The van der Waals surface area contributed by atoms with Crippen molar-refractivity contribution in [2.45, 2.75) is 12.3 Å². The summed E-state index contributed by atoms with van der Waals surface area (Å²) in [6.07, 6.45) is 3.63. The molecule has 3 heterocycles. The van der Waals surface area contributed by atoms with Crippen LogP contribution in [0.1, 0.15) is 22.2 Å². The molecule has 0 unspecified atom stereocenters. The smallest absolute Gasteiger partial charge is 0.289 e. The highest BCUT2D eigenvalue weighted by Crippen LogP contribution is 2.16.